The number of ether oxygens (including phenoxy) is 1. The molecule has 2 fully saturated rings. The number of carbonyl (C=O) groups excluding carboxylic acids is 4. The largest absolute Gasteiger partial charge is 0.548 e. The second-order valence-corrected chi connectivity index (χ2v) is 16.3. The number of carboxylic acids is 1. The molecule has 2 saturated heterocycles. The number of quaternary nitrogens is 1. The van der Waals surface area contributed by atoms with Crippen molar-refractivity contribution in [3.05, 3.63) is 59.7 Å². The van der Waals surface area contributed by atoms with Gasteiger partial charge in [-0.2, -0.15) is 0 Å². The molecule has 0 bridgehead atoms. The molecule has 0 aromatic heterocycles. The Kier molecular flexibility index (Phi) is 17.1. The number of amides is 3. The smallest absolute Gasteiger partial charge is 0.408 e. The van der Waals surface area contributed by atoms with Gasteiger partial charge in [-0.1, -0.05) is 102 Å². The molecule has 3 amide bonds. The summed E-state index contributed by atoms with van der Waals surface area (Å²) in [5.41, 5.74) is 1.40. The van der Waals surface area contributed by atoms with Gasteiger partial charge in [0.15, 0.2) is 0 Å². The quantitative estimate of drug-likeness (QED) is 0.135. The average Bonchev–Trinajstić information content (AvgIpc) is 3.39. The molecular formula is C40H62N4O6S. The van der Waals surface area contributed by atoms with E-state index in [9.17, 15) is 24.3 Å². The SMILES string of the molecule is CC1(C)S[C@@H]2[C@H](NC(=O)C(NC(=O)OCc3ccccc3)C3=CCCC=C3)C(=O)N2[C@H]1C(=O)[O-].CCCC[N+](CCCC)(CCCC)CCCC. The van der Waals surface area contributed by atoms with E-state index < -0.39 is 52.1 Å². The van der Waals surface area contributed by atoms with Crippen LogP contribution in [0, 0.1) is 0 Å². The number of allylic oxidation sites excluding steroid dienone is 2. The van der Waals surface area contributed by atoms with Crippen molar-refractivity contribution >= 4 is 35.6 Å². The van der Waals surface area contributed by atoms with E-state index in [1.165, 1.54) is 98.7 Å². The predicted octanol–water partition coefficient (Wildman–Crippen LogP) is 5.86. The first-order valence-electron chi connectivity index (χ1n) is 19.1. The van der Waals surface area contributed by atoms with E-state index in [1.54, 1.807) is 19.9 Å². The molecule has 0 radical (unpaired) electrons. The van der Waals surface area contributed by atoms with E-state index in [4.69, 9.17) is 4.74 Å². The zero-order valence-electron chi connectivity index (χ0n) is 31.8. The highest BCUT2D eigenvalue weighted by Gasteiger charge is 2.62. The summed E-state index contributed by atoms with van der Waals surface area (Å²) in [6.07, 6.45) is 17.4. The van der Waals surface area contributed by atoms with E-state index >= 15 is 0 Å². The minimum absolute atomic E-state index is 0.0460. The summed E-state index contributed by atoms with van der Waals surface area (Å²) in [5, 5.41) is 16.4. The van der Waals surface area contributed by atoms with Crippen molar-refractivity contribution in [1.82, 2.24) is 15.5 Å². The lowest BCUT2D eigenvalue weighted by atomic mass is 9.95. The Morgan fingerprint density at radius 3 is 2.00 bits per heavy atom. The van der Waals surface area contributed by atoms with Gasteiger partial charge in [-0.05, 0) is 63.5 Å². The number of aliphatic carboxylic acids is 1. The van der Waals surface area contributed by atoms with Gasteiger partial charge in [0, 0.05) is 4.75 Å². The maximum Gasteiger partial charge on any atom is 0.408 e. The van der Waals surface area contributed by atoms with E-state index in [0.717, 1.165) is 12.0 Å². The molecule has 4 rings (SSSR count). The molecule has 0 saturated carbocycles. The van der Waals surface area contributed by atoms with Gasteiger partial charge in [0.05, 0.1) is 38.2 Å². The summed E-state index contributed by atoms with van der Waals surface area (Å²) in [6, 6.07) is 6.13. The summed E-state index contributed by atoms with van der Waals surface area (Å²) in [6.45, 7) is 18.5. The molecule has 0 spiro atoms. The maximum absolute atomic E-state index is 13.2. The zero-order valence-corrected chi connectivity index (χ0v) is 32.6. The normalized spacial score (nSPS) is 21.0. The summed E-state index contributed by atoms with van der Waals surface area (Å²) >= 11 is 1.30. The first kappa shape index (κ1) is 42.1. The van der Waals surface area contributed by atoms with Crippen molar-refractivity contribution in [1.29, 1.82) is 0 Å². The monoisotopic (exact) mass is 726 g/mol. The molecule has 1 aliphatic carbocycles. The minimum atomic E-state index is -1.32. The third kappa shape index (κ3) is 11.9. The van der Waals surface area contributed by atoms with Gasteiger partial charge >= 0.3 is 6.09 Å². The molecular weight excluding hydrogens is 665 g/mol. The number of nitrogens with one attached hydrogen (secondary N) is 2. The highest BCUT2D eigenvalue weighted by molar-refractivity contribution is 8.01. The molecule has 4 atom stereocenters. The highest BCUT2D eigenvalue weighted by Crippen LogP contribution is 2.50. The Bertz CT molecular complexity index is 1310. The van der Waals surface area contributed by atoms with Crippen LogP contribution in [0.3, 0.4) is 0 Å². The van der Waals surface area contributed by atoms with Crippen LogP contribution in [0.4, 0.5) is 4.79 Å². The number of nitrogens with zero attached hydrogens (tertiary/aromatic N) is 2. The Morgan fingerprint density at radius 2 is 1.51 bits per heavy atom. The van der Waals surface area contributed by atoms with Crippen LogP contribution in [0.25, 0.3) is 0 Å². The lowest BCUT2D eigenvalue weighted by molar-refractivity contribution is -0.929. The van der Waals surface area contributed by atoms with Crippen molar-refractivity contribution in [2.24, 2.45) is 0 Å². The van der Waals surface area contributed by atoms with E-state index in [1.807, 2.05) is 42.5 Å². The Morgan fingerprint density at radius 1 is 0.941 bits per heavy atom. The van der Waals surface area contributed by atoms with Crippen LogP contribution in [0.15, 0.2) is 54.1 Å². The van der Waals surface area contributed by atoms with Crippen LogP contribution in [-0.2, 0) is 25.7 Å². The van der Waals surface area contributed by atoms with Gasteiger partial charge < -0.3 is 34.7 Å². The Balaban J connectivity index is 0.000000351. The lowest BCUT2D eigenvalue weighted by Crippen LogP contribution is -2.72. The van der Waals surface area contributed by atoms with Crippen LogP contribution in [0.1, 0.15) is 111 Å². The Hall–Kier alpha value is -3.31. The molecule has 1 aromatic carbocycles. The molecule has 1 unspecified atom stereocenters. The van der Waals surface area contributed by atoms with E-state index in [-0.39, 0.29) is 6.61 Å². The van der Waals surface area contributed by atoms with Gasteiger partial charge in [-0.15, -0.1) is 11.8 Å². The number of carbonyl (C=O) groups is 4. The number of rotatable bonds is 19. The van der Waals surface area contributed by atoms with Crippen LogP contribution in [-0.4, -0.2) is 87.7 Å². The fourth-order valence-corrected chi connectivity index (χ4v) is 8.66. The number of carboxylic acid groups (broad SMARTS) is 1. The number of fused-ring (bicyclic) bond motifs is 1. The highest BCUT2D eigenvalue weighted by atomic mass is 32.2. The van der Waals surface area contributed by atoms with Crippen LogP contribution < -0.4 is 15.7 Å². The Labute approximate surface area is 310 Å². The van der Waals surface area contributed by atoms with Crippen molar-refractivity contribution in [2.75, 3.05) is 26.2 Å². The zero-order chi connectivity index (χ0) is 37.4. The number of hydrogen-bond acceptors (Lipinski definition) is 7. The molecule has 2 N–H and O–H groups in total. The fraction of sp³-hybridized carbons (Fsp3) is 0.650. The van der Waals surface area contributed by atoms with Gasteiger partial charge in [0.1, 0.15) is 24.1 Å². The van der Waals surface area contributed by atoms with Crippen molar-refractivity contribution < 1.29 is 33.5 Å². The first-order valence-corrected chi connectivity index (χ1v) is 20.0. The maximum atomic E-state index is 13.2. The number of thioether (sulfide) groups is 1. The third-order valence-corrected chi connectivity index (χ3v) is 11.6. The van der Waals surface area contributed by atoms with Crippen LogP contribution in [0.5, 0.6) is 0 Å². The van der Waals surface area contributed by atoms with E-state index in [2.05, 4.69) is 38.3 Å². The van der Waals surface area contributed by atoms with Gasteiger partial charge in [0.2, 0.25) is 11.8 Å². The molecule has 10 nitrogen and oxygen atoms in total. The molecule has 11 heteroatoms. The number of benzene rings is 1. The van der Waals surface area contributed by atoms with Crippen molar-refractivity contribution in [2.45, 2.75) is 141 Å². The molecule has 1 aromatic rings. The van der Waals surface area contributed by atoms with Gasteiger partial charge in [-0.3, -0.25) is 9.59 Å². The van der Waals surface area contributed by atoms with Crippen LogP contribution >= 0.6 is 11.8 Å². The third-order valence-electron chi connectivity index (χ3n) is 10.0. The summed E-state index contributed by atoms with van der Waals surface area (Å²) in [7, 11) is 0. The van der Waals surface area contributed by atoms with Crippen molar-refractivity contribution in [3.63, 3.8) is 0 Å². The lowest BCUT2D eigenvalue weighted by Gasteiger charge is -2.45. The summed E-state index contributed by atoms with van der Waals surface area (Å²) < 4.78 is 5.93. The standard InChI is InChI=1S/C24H27N3O6S.C16H36N/c1-24(2)18(22(30)31)27-20(29)17(21(27)34-24)25-19(28)16(15-11-7-4-8-12-15)26-23(32)33-13-14-9-5-3-6-10-14;1-5-9-13-17(14-10-6-2,15-11-7-3)16-12-8-4/h3,5-7,9-12,16-18,21H,4,8,13H2,1-2H3,(H,25,28)(H,26,32)(H,30,31);5-16H2,1-4H3/q;+1/p-1/t16?,17-,18+,21-;/m1./s1. The van der Waals surface area contributed by atoms with Crippen molar-refractivity contribution in [3.8, 4) is 0 Å². The second kappa shape index (κ2) is 20.7. The summed E-state index contributed by atoms with van der Waals surface area (Å²) in [5.74, 6) is -2.37. The second-order valence-electron chi connectivity index (χ2n) is 14.5. The van der Waals surface area contributed by atoms with Gasteiger partial charge in [0.25, 0.3) is 0 Å². The average molecular weight is 727 g/mol. The number of β-lactam (4-membered cyclic amide) rings is 1. The molecule has 2 aliphatic heterocycles. The molecule has 284 valence electrons. The van der Waals surface area contributed by atoms with Crippen LogP contribution in [0.2, 0.25) is 0 Å². The number of alkyl carbamates (subject to hydrolysis) is 1. The molecule has 3 aliphatic rings. The first-order chi connectivity index (χ1) is 24.4. The number of unbranched alkanes of at least 4 members (excludes halogenated alkanes) is 4. The summed E-state index contributed by atoms with van der Waals surface area (Å²) in [4.78, 5) is 51.3. The number of hydrogen-bond donors (Lipinski definition) is 2. The molecule has 51 heavy (non-hydrogen) atoms. The predicted molar refractivity (Wildman–Crippen MR) is 202 cm³/mol. The minimum Gasteiger partial charge on any atom is -0.548 e. The van der Waals surface area contributed by atoms with Gasteiger partial charge in [-0.25, -0.2) is 4.79 Å². The topological polar surface area (TPSA) is 128 Å². The van der Waals surface area contributed by atoms with E-state index in [0.29, 0.717) is 12.0 Å². The fourth-order valence-electron chi connectivity index (χ4n) is 7.04. The molecule has 2 heterocycles.